The highest BCUT2D eigenvalue weighted by Gasteiger charge is 2.25. The Morgan fingerprint density at radius 2 is 1.86 bits per heavy atom. The minimum Gasteiger partial charge on any atom is -0.497 e. The lowest BCUT2D eigenvalue weighted by molar-refractivity contribution is 0.0582. The van der Waals surface area contributed by atoms with Crippen LogP contribution in [0.5, 0.6) is 5.75 Å². The van der Waals surface area contributed by atoms with Crippen LogP contribution in [0.3, 0.4) is 0 Å². The number of rotatable bonds is 5. The molecule has 150 valence electrons. The average molecular weight is 392 g/mol. The Hall–Kier alpha value is -3.19. The van der Waals surface area contributed by atoms with Crippen molar-refractivity contribution in [3.05, 3.63) is 66.1 Å². The van der Waals surface area contributed by atoms with Crippen LogP contribution in [0.4, 0.5) is 0 Å². The Morgan fingerprint density at radius 3 is 2.52 bits per heavy atom. The summed E-state index contributed by atoms with van der Waals surface area (Å²) in [6.07, 6.45) is 1.29. The third-order valence-corrected chi connectivity index (χ3v) is 5.48. The summed E-state index contributed by atoms with van der Waals surface area (Å²) in [7, 11) is 1.68. The molecule has 1 aromatic heterocycles. The molecule has 0 aliphatic carbocycles. The first-order chi connectivity index (χ1) is 14.2. The van der Waals surface area contributed by atoms with Gasteiger partial charge in [0.05, 0.1) is 7.11 Å². The van der Waals surface area contributed by atoms with E-state index in [-0.39, 0.29) is 11.9 Å². The second-order valence-electron chi connectivity index (χ2n) is 7.11. The van der Waals surface area contributed by atoms with Crippen molar-refractivity contribution < 1.29 is 14.1 Å². The van der Waals surface area contributed by atoms with Gasteiger partial charge in [-0.15, -0.1) is 0 Å². The van der Waals surface area contributed by atoms with Crippen molar-refractivity contribution in [3.8, 4) is 17.1 Å². The zero-order valence-electron chi connectivity index (χ0n) is 16.6. The van der Waals surface area contributed by atoms with Gasteiger partial charge in [-0.2, -0.15) is 4.98 Å². The number of aromatic nitrogens is 2. The molecular formula is C22H24N4O3. The number of nitrogens with zero attached hydrogens (tertiary/aromatic N) is 4. The van der Waals surface area contributed by atoms with E-state index in [4.69, 9.17) is 9.26 Å². The highest BCUT2D eigenvalue weighted by Crippen LogP contribution is 2.25. The van der Waals surface area contributed by atoms with Gasteiger partial charge in [0.15, 0.2) is 0 Å². The molecule has 2 aromatic carbocycles. The summed E-state index contributed by atoms with van der Waals surface area (Å²) in [6, 6.07) is 15.8. The van der Waals surface area contributed by atoms with E-state index in [1.807, 2.05) is 41.3 Å². The van der Waals surface area contributed by atoms with Crippen LogP contribution >= 0.6 is 0 Å². The highest BCUT2D eigenvalue weighted by atomic mass is 16.5. The third-order valence-electron chi connectivity index (χ3n) is 5.48. The van der Waals surface area contributed by atoms with Crippen molar-refractivity contribution in [3.63, 3.8) is 0 Å². The maximum Gasteiger partial charge on any atom is 0.253 e. The number of amides is 1. The number of carbonyl (C=O) groups is 1. The van der Waals surface area contributed by atoms with Crippen LogP contribution in [0.1, 0.15) is 28.9 Å². The quantitative estimate of drug-likeness (QED) is 0.664. The molecule has 2 heterocycles. The van der Waals surface area contributed by atoms with E-state index in [0.717, 1.165) is 24.4 Å². The SMILES string of the molecule is COc1cccc(C(C)N2CCN(C(=O)c3ccc(-c4ncon4)cc3)CC2)c1. The number of hydrogen-bond donors (Lipinski definition) is 0. The standard InChI is InChI=1S/C22H24N4O3/c1-16(19-4-3-5-20(14-19)28-2)25-10-12-26(13-11-25)22(27)18-8-6-17(7-9-18)21-23-15-29-24-21/h3-9,14-16H,10-13H2,1-2H3. The fourth-order valence-electron chi connectivity index (χ4n) is 3.67. The van der Waals surface area contributed by atoms with Gasteiger partial charge >= 0.3 is 0 Å². The summed E-state index contributed by atoms with van der Waals surface area (Å²) in [5.74, 6) is 1.44. The van der Waals surface area contributed by atoms with E-state index < -0.39 is 0 Å². The average Bonchev–Trinajstić information content (AvgIpc) is 3.33. The van der Waals surface area contributed by atoms with Crippen LogP contribution in [-0.2, 0) is 0 Å². The molecule has 7 nitrogen and oxygen atoms in total. The first kappa shape index (κ1) is 19.1. The zero-order valence-corrected chi connectivity index (χ0v) is 16.6. The normalized spacial score (nSPS) is 15.9. The summed E-state index contributed by atoms with van der Waals surface area (Å²) < 4.78 is 10.1. The lowest BCUT2D eigenvalue weighted by Gasteiger charge is -2.38. The molecule has 0 saturated carbocycles. The smallest absolute Gasteiger partial charge is 0.253 e. The fourth-order valence-corrected chi connectivity index (χ4v) is 3.67. The highest BCUT2D eigenvalue weighted by molar-refractivity contribution is 5.94. The molecule has 4 rings (SSSR count). The summed E-state index contributed by atoms with van der Waals surface area (Å²) in [6.45, 7) is 5.29. The number of methoxy groups -OCH3 is 1. The van der Waals surface area contributed by atoms with E-state index >= 15 is 0 Å². The minimum absolute atomic E-state index is 0.0540. The van der Waals surface area contributed by atoms with Gasteiger partial charge in [0.1, 0.15) is 5.75 Å². The molecule has 1 fully saturated rings. The van der Waals surface area contributed by atoms with Crippen molar-refractivity contribution >= 4 is 5.91 Å². The van der Waals surface area contributed by atoms with Crippen molar-refractivity contribution in [1.29, 1.82) is 0 Å². The molecule has 7 heteroatoms. The second-order valence-corrected chi connectivity index (χ2v) is 7.11. The van der Waals surface area contributed by atoms with Gasteiger partial charge in [-0.05, 0) is 36.8 Å². The van der Waals surface area contributed by atoms with Crippen LogP contribution in [0, 0.1) is 0 Å². The first-order valence-electron chi connectivity index (χ1n) is 9.70. The zero-order chi connectivity index (χ0) is 20.2. The predicted molar refractivity (Wildman–Crippen MR) is 109 cm³/mol. The lowest BCUT2D eigenvalue weighted by atomic mass is 10.1. The van der Waals surface area contributed by atoms with Crippen molar-refractivity contribution in [2.24, 2.45) is 0 Å². The molecule has 0 radical (unpaired) electrons. The monoisotopic (exact) mass is 392 g/mol. The van der Waals surface area contributed by atoms with Crippen LogP contribution in [0.15, 0.2) is 59.4 Å². The van der Waals surface area contributed by atoms with Crippen molar-refractivity contribution in [2.45, 2.75) is 13.0 Å². The summed E-state index contributed by atoms with van der Waals surface area (Å²) >= 11 is 0. The van der Waals surface area contributed by atoms with Gasteiger partial charge in [0.2, 0.25) is 12.2 Å². The van der Waals surface area contributed by atoms with Crippen LogP contribution in [-0.4, -0.2) is 59.1 Å². The molecule has 1 aliphatic heterocycles. The predicted octanol–water partition coefficient (Wildman–Crippen LogP) is 3.26. The molecule has 29 heavy (non-hydrogen) atoms. The van der Waals surface area contributed by atoms with Gasteiger partial charge in [0.25, 0.3) is 5.91 Å². The third kappa shape index (κ3) is 4.14. The molecule has 0 N–H and O–H groups in total. The van der Waals surface area contributed by atoms with Gasteiger partial charge < -0.3 is 14.2 Å². The molecule has 1 amide bonds. The van der Waals surface area contributed by atoms with Gasteiger partial charge in [-0.25, -0.2) is 0 Å². The van der Waals surface area contributed by atoms with Gasteiger partial charge in [-0.3, -0.25) is 9.69 Å². The topological polar surface area (TPSA) is 71.7 Å². The summed E-state index contributed by atoms with van der Waals surface area (Å²) in [5, 5.41) is 3.82. The molecular weight excluding hydrogens is 368 g/mol. The molecule has 1 saturated heterocycles. The van der Waals surface area contributed by atoms with E-state index in [1.54, 1.807) is 7.11 Å². The van der Waals surface area contributed by atoms with Crippen molar-refractivity contribution in [2.75, 3.05) is 33.3 Å². The van der Waals surface area contributed by atoms with E-state index in [0.29, 0.717) is 24.5 Å². The Bertz CT molecular complexity index is 948. The van der Waals surface area contributed by atoms with Crippen LogP contribution in [0.2, 0.25) is 0 Å². The maximum atomic E-state index is 12.9. The molecule has 3 aromatic rings. The lowest BCUT2D eigenvalue weighted by Crippen LogP contribution is -2.49. The number of piperazine rings is 1. The Morgan fingerprint density at radius 1 is 1.10 bits per heavy atom. The molecule has 1 atom stereocenters. The Kier molecular flexibility index (Phi) is 5.57. The fraction of sp³-hybridized carbons (Fsp3) is 0.318. The summed E-state index contributed by atoms with van der Waals surface area (Å²) in [5.41, 5.74) is 2.72. The second kappa shape index (κ2) is 8.45. The largest absolute Gasteiger partial charge is 0.497 e. The maximum absolute atomic E-state index is 12.9. The minimum atomic E-state index is 0.0540. The Labute approximate surface area is 169 Å². The Balaban J connectivity index is 1.37. The van der Waals surface area contributed by atoms with Crippen LogP contribution in [0.25, 0.3) is 11.4 Å². The number of ether oxygens (including phenoxy) is 1. The van der Waals surface area contributed by atoms with E-state index in [1.165, 1.54) is 12.0 Å². The van der Waals surface area contributed by atoms with E-state index in [9.17, 15) is 4.79 Å². The van der Waals surface area contributed by atoms with Crippen LogP contribution < -0.4 is 4.74 Å². The van der Waals surface area contributed by atoms with Crippen molar-refractivity contribution in [1.82, 2.24) is 19.9 Å². The number of benzene rings is 2. The molecule has 0 spiro atoms. The molecule has 1 aliphatic rings. The number of hydrogen-bond acceptors (Lipinski definition) is 6. The first-order valence-corrected chi connectivity index (χ1v) is 9.70. The number of carbonyl (C=O) groups excluding carboxylic acids is 1. The molecule has 0 bridgehead atoms. The van der Waals surface area contributed by atoms with Gasteiger partial charge in [0, 0.05) is 43.3 Å². The van der Waals surface area contributed by atoms with Gasteiger partial charge in [-0.1, -0.05) is 29.4 Å². The van der Waals surface area contributed by atoms with E-state index in [2.05, 4.69) is 34.1 Å². The summed E-state index contributed by atoms with van der Waals surface area (Å²) in [4.78, 5) is 21.2. The molecule has 1 unspecified atom stereocenters.